The molecule has 0 unspecified atom stereocenters. The fourth-order valence-corrected chi connectivity index (χ4v) is 1.73. The largest absolute Gasteiger partial charge is 0.395 e. The molecule has 18 heavy (non-hydrogen) atoms. The van der Waals surface area contributed by atoms with Gasteiger partial charge in [0.1, 0.15) is 0 Å². The maximum atomic E-state index is 10.7. The molecule has 0 aliphatic rings. The van der Waals surface area contributed by atoms with E-state index in [4.69, 9.17) is 9.84 Å². The fraction of sp³-hybridized carbons (Fsp3) is 0.500. The van der Waals surface area contributed by atoms with E-state index in [1.165, 1.54) is 6.07 Å². The van der Waals surface area contributed by atoms with E-state index in [2.05, 4.69) is 0 Å². The number of aliphatic hydroxyl groups is 1. The van der Waals surface area contributed by atoms with Crippen LogP contribution in [0.5, 0.6) is 0 Å². The van der Waals surface area contributed by atoms with Crippen LogP contribution in [0.4, 0.5) is 11.4 Å². The Kier molecular flexibility index (Phi) is 5.54. The number of methoxy groups -OCH3 is 1. The minimum atomic E-state index is -0.398. The molecule has 0 spiro atoms. The van der Waals surface area contributed by atoms with Crippen molar-refractivity contribution >= 4 is 11.4 Å². The van der Waals surface area contributed by atoms with Crippen LogP contribution in [0.15, 0.2) is 18.2 Å². The quantitative estimate of drug-likeness (QED) is 0.587. The van der Waals surface area contributed by atoms with Gasteiger partial charge >= 0.3 is 0 Å². The summed E-state index contributed by atoms with van der Waals surface area (Å²) in [5, 5.41) is 19.8. The van der Waals surface area contributed by atoms with Crippen molar-refractivity contribution in [2.24, 2.45) is 0 Å². The molecule has 0 aromatic heterocycles. The molecule has 0 bridgehead atoms. The lowest BCUT2D eigenvalue weighted by molar-refractivity contribution is -0.385. The number of aryl methyl sites for hydroxylation is 1. The van der Waals surface area contributed by atoms with Crippen LogP contribution in [0.25, 0.3) is 0 Å². The SMILES string of the molecule is COCCN(CCO)c1ccc([N+](=O)[O-])c(C)c1. The highest BCUT2D eigenvalue weighted by Crippen LogP contribution is 2.24. The van der Waals surface area contributed by atoms with Gasteiger partial charge < -0.3 is 14.7 Å². The molecule has 0 radical (unpaired) electrons. The van der Waals surface area contributed by atoms with Gasteiger partial charge in [0, 0.05) is 37.5 Å². The number of benzene rings is 1. The molecular formula is C12H18N2O4. The maximum Gasteiger partial charge on any atom is 0.272 e. The number of aliphatic hydroxyl groups excluding tert-OH is 1. The standard InChI is InChI=1S/C12H18N2O4/c1-10-9-11(3-4-12(10)14(16)17)13(5-7-15)6-8-18-2/h3-4,9,15H,5-8H2,1-2H3. The lowest BCUT2D eigenvalue weighted by Gasteiger charge is -2.23. The van der Waals surface area contributed by atoms with E-state index in [1.807, 2.05) is 4.90 Å². The first kappa shape index (κ1) is 14.4. The molecule has 0 aliphatic carbocycles. The number of nitro benzene ring substituents is 1. The van der Waals surface area contributed by atoms with Crippen molar-refractivity contribution in [3.8, 4) is 0 Å². The van der Waals surface area contributed by atoms with E-state index in [9.17, 15) is 10.1 Å². The average Bonchev–Trinajstić information content (AvgIpc) is 2.33. The van der Waals surface area contributed by atoms with E-state index in [-0.39, 0.29) is 12.3 Å². The molecule has 100 valence electrons. The first-order valence-electron chi connectivity index (χ1n) is 5.70. The minimum absolute atomic E-state index is 0.0275. The molecule has 1 aromatic rings. The average molecular weight is 254 g/mol. The molecule has 0 heterocycles. The second-order valence-electron chi connectivity index (χ2n) is 3.93. The van der Waals surface area contributed by atoms with Gasteiger partial charge in [0.15, 0.2) is 0 Å². The summed E-state index contributed by atoms with van der Waals surface area (Å²) in [6.07, 6.45) is 0. The molecule has 1 aromatic carbocycles. The Bertz CT molecular complexity index is 409. The van der Waals surface area contributed by atoms with E-state index in [0.717, 1.165) is 5.69 Å². The van der Waals surface area contributed by atoms with E-state index in [1.54, 1.807) is 26.2 Å². The predicted octanol–water partition coefficient (Wildman–Crippen LogP) is 1.35. The lowest BCUT2D eigenvalue weighted by Crippen LogP contribution is -2.30. The van der Waals surface area contributed by atoms with Crippen LogP contribution in [0.1, 0.15) is 5.56 Å². The Balaban J connectivity index is 2.91. The summed E-state index contributed by atoms with van der Waals surface area (Å²) in [5.41, 5.74) is 1.57. The maximum absolute atomic E-state index is 10.7. The van der Waals surface area contributed by atoms with Crippen molar-refractivity contribution < 1.29 is 14.8 Å². The van der Waals surface area contributed by atoms with Gasteiger partial charge in [-0.2, -0.15) is 0 Å². The minimum Gasteiger partial charge on any atom is -0.395 e. The van der Waals surface area contributed by atoms with Crippen LogP contribution in [0, 0.1) is 17.0 Å². The second kappa shape index (κ2) is 6.93. The zero-order chi connectivity index (χ0) is 13.5. The van der Waals surface area contributed by atoms with Crippen molar-refractivity contribution in [3.63, 3.8) is 0 Å². The third-order valence-corrected chi connectivity index (χ3v) is 2.68. The molecule has 1 N–H and O–H groups in total. The molecular weight excluding hydrogens is 236 g/mol. The first-order chi connectivity index (χ1) is 8.60. The summed E-state index contributed by atoms with van der Waals surface area (Å²) in [6, 6.07) is 4.93. The number of anilines is 1. The Labute approximate surface area is 106 Å². The van der Waals surface area contributed by atoms with Crippen LogP contribution in [0.3, 0.4) is 0 Å². The van der Waals surface area contributed by atoms with E-state index in [0.29, 0.717) is 25.3 Å². The van der Waals surface area contributed by atoms with Gasteiger partial charge in [-0.25, -0.2) is 0 Å². The molecule has 0 amide bonds. The predicted molar refractivity (Wildman–Crippen MR) is 69.0 cm³/mol. The number of nitrogens with zero attached hydrogens (tertiary/aromatic N) is 2. The van der Waals surface area contributed by atoms with Gasteiger partial charge in [-0.3, -0.25) is 10.1 Å². The van der Waals surface area contributed by atoms with Crippen molar-refractivity contribution in [1.82, 2.24) is 0 Å². The summed E-state index contributed by atoms with van der Waals surface area (Å²) in [6.45, 7) is 3.37. The third kappa shape index (κ3) is 3.68. The van der Waals surface area contributed by atoms with Crippen molar-refractivity contribution in [2.45, 2.75) is 6.92 Å². The van der Waals surface area contributed by atoms with Crippen LogP contribution < -0.4 is 4.90 Å². The lowest BCUT2D eigenvalue weighted by atomic mass is 10.1. The van der Waals surface area contributed by atoms with Gasteiger partial charge in [0.25, 0.3) is 5.69 Å². The zero-order valence-electron chi connectivity index (χ0n) is 10.6. The summed E-state index contributed by atoms with van der Waals surface area (Å²) in [5.74, 6) is 0. The molecule has 0 fully saturated rings. The van der Waals surface area contributed by atoms with Crippen molar-refractivity contribution in [3.05, 3.63) is 33.9 Å². The Morgan fingerprint density at radius 2 is 2.17 bits per heavy atom. The topological polar surface area (TPSA) is 75.8 Å². The molecule has 0 aliphatic heterocycles. The van der Waals surface area contributed by atoms with E-state index >= 15 is 0 Å². The summed E-state index contributed by atoms with van der Waals surface area (Å²) in [7, 11) is 1.61. The third-order valence-electron chi connectivity index (χ3n) is 2.68. The van der Waals surface area contributed by atoms with Crippen molar-refractivity contribution in [2.75, 3.05) is 38.3 Å². The summed E-state index contributed by atoms with van der Waals surface area (Å²) >= 11 is 0. The number of hydrogen-bond donors (Lipinski definition) is 1. The fourth-order valence-electron chi connectivity index (χ4n) is 1.73. The van der Waals surface area contributed by atoms with Crippen LogP contribution in [0.2, 0.25) is 0 Å². The summed E-state index contributed by atoms with van der Waals surface area (Å²) in [4.78, 5) is 12.3. The van der Waals surface area contributed by atoms with Gasteiger partial charge in [0.2, 0.25) is 0 Å². The van der Waals surface area contributed by atoms with Gasteiger partial charge in [-0.1, -0.05) is 0 Å². The van der Waals surface area contributed by atoms with Crippen molar-refractivity contribution in [1.29, 1.82) is 0 Å². The smallest absolute Gasteiger partial charge is 0.272 e. The van der Waals surface area contributed by atoms with Crippen LogP contribution >= 0.6 is 0 Å². The number of hydrogen-bond acceptors (Lipinski definition) is 5. The first-order valence-corrected chi connectivity index (χ1v) is 5.70. The van der Waals surface area contributed by atoms with Gasteiger partial charge in [0.05, 0.1) is 18.1 Å². The highest BCUT2D eigenvalue weighted by Gasteiger charge is 2.13. The number of nitro groups is 1. The monoisotopic (exact) mass is 254 g/mol. The molecule has 6 heteroatoms. The highest BCUT2D eigenvalue weighted by molar-refractivity contribution is 5.55. The normalized spacial score (nSPS) is 10.4. The highest BCUT2D eigenvalue weighted by atomic mass is 16.6. The number of ether oxygens (including phenoxy) is 1. The second-order valence-corrected chi connectivity index (χ2v) is 3.93. The van der Waals surface area contributed by atoms with Gasteiger partial charge in [-0.05, 0) is 19.1 Å². The van der Waals surface area contributed by atoms with Crippen LogP contribution in [-0.2, 0) is 4.74 Å². The summed E-state index contributed by atoms with van der Waals surface area (Å²) < 4.78 is 5.00. The molecule has 1 rings (SSSR count). The van der Waals surface area contributed by atoms with Gasteiger partial charge in [-0.15, -0.1) is 0 Å². The Morgan fingerprint density at radius 1 is 1.44 bits per heavy atom. The molecule has 0 saturated carbocycles. The number of rotatable bonds is 7. The zero-order valence-corrected chi connectivity index (χ0v) is 10.6. The Hall–Kier alpha value is -1.66. The Morgan fingerprint density at radius 3 is 2.67 bits per heavy atom. The molecule has 0 atom stereocenters. The molecule has 0 saturated heterocycles. The van der Waals surface area contributed by atoms with Crippen LogP contribution in [-0.4, -0.2) is 43.4 Å². The molecule has 6 nitrogen and oxygen atoms in total. The van der Waals surface area contributed by atoms with E-state index < -0.39 is 4.92 Å².